The minimum Gasteiger partial charge on any atom is -0.463 e. The van der Waals surface area contributed by atoms with Crippen LogP contribution in [0, 0.1) is 5.92 Å². The Morgan fingerprint density at radius 1 is 1.11 bits per heavy atom. The molecule has 37 heavy (non-hydrogen) atoms. The van der Waals surface area contributed by atoms with Gasteiger partial charge in [-0.15, -0.1) is 0 Å². The molecule has 0 spiro atoms. The van der Waals surface area contributed by atoms with Crippen molar-refractivity contribution in [2.75, 3.05) is 39.3 Å². The third-order valence-corrected chi connectivity index (χ3v) is 7.12. The van der Waals surface area contributed by atoms with Crippen molar-refractivity contribution in [1.82, 2.24) is 20.0 Å². The van der Waals surface area contributed by atoms with Crippen LogP contribution in [0.3, 0.4) is 0 Å². The fourth-order valence-electron chi connectivity index (χ4n) is 5.05. The van der Waals surface area contributed by atoms with Crippen LogP contribution in [0.15, 0.2) is 35.5 Å². The number of rotatable bonds is 7. The Kier molecular flexibility index (Phi) is 7.82. The van der Waals surface area contributed by atoms with Crippen LogP contribution < -0.4 is 5.32 Å². The van der Waals surface area contributed by atoms with E-state index in [9.17, 15) is 27.6 Å². The van der Waals surface area contributed by atoms with Crippen molar-refractivity contribution in [3.8, 4) is 0 Å². The standard InChI is InChI=1S/C26H33F3N4O4/c1-4-32-20(15-31-12-13-33(16(3)14-31)23(34)18-6-7-18)21(24(35)37-5-2)22(30-25(32)36)17-8-10-19(11-9-17)26(27,28)29/h8-11,16,18,22H,4-7,12-15H2,1-3H3,(H,30,36). The van der Waals surface area contributed by atoms with E-state index in [0.717, 1.165) is 25.0 Å². The molecule has 202 valence electrons. The number of hydrogen-bond acceptors (Lipinski definition) is 5. The van der Waals surface area contributed by atoms with E-state index >= 15 is 0 Å². The number of nitrogens with one attached hydrogen (secondary N) is 1. The van der Waals surface area contributed by atoms with Crippen LogP contribution in [0.1, 0.15) is 50.8 Å². The molecule has 0 radical (unpaired) electrons. The van der Waals surface area contributed by atoms with Crippen molar-refractivity contribution < 1.29 is 32.3 Å². The first-order valence-corrected chi connectivity index (χ1v) is 12.7. The first-order chi connectivity index (χ1) is 17.5. The highest BCUT2D eigenvalue weighted by Gasteiger charge is 2.41. The number of carbonyl (C=O) groups excluding carboxylic acids is 3. The largest absolute Gasteiger partial charge is 0.463 e. The first-order valence-electron chi connectivity index (χ1n) is 12.7. The Balaban J connectivity index is 1.66. The van der Waals surface area contributed by atoms with E-state index in [-0.39, 0.29) is 36.6 Å². The molecule has 0 aromatic heterocycles. The van der Waals surface area contributed by atoms with E-state index in [1.54, 1.807) is 13.8 Å². The van der Waals surface area contributed by atoms with E-state index in [2.05, 4.69) is 10.2 Å². The summed E-state index contributed by atoms with van der Waals surface area (Å²) in [6.45, 7) is 7.81. The van der Waals surface area contributed by atoms with Gasteiger partial charge in [0.25, 0.3) is 0 Å². The van der Waals surface area contributed by atoms with Crippen LogP contribution in [0.2, 0.25) is 0 Å². The van der Waals surface area contributed by atoms with Gasteiger partial charge < -0.3 is 15.0 Å². The van der Waals surface area contributed by atoms with Gasteiger partial charge in [-0.3, -0.25) is 14.6 Å². The van der Waals surface area contributed by atoms with Gasteiger partial charge >= 0.3 is 18.2 Å². The second-order valence-electron chi connectivity index (χ2n) is 9.72. The molecule has 0 bridgehead atoms. The summed E-state index contributed by atoms with van der Waals surface area (Å²) in [4.78, 5) is 44.4. The average molecular weight is 523 g/mol. The molecule has 4 rings (SSSR count). The number of hydrogen-bond donors (Lipinski definition) is 1. The Bertz CT molecular complexity index is 1070. The van der Waals surface area contributed by atoms with Gasteiger partial charge in [-0.05, 0) is 51.3 Å². The van der Waals surface area contributed by atoms with Crippen LogP contribution in [-0.4, -0.2) is 78.0 Å². The number of urea groups is 1. The second-order valence-corrected chi connectivity index (χ2v) is 9.72. The molecule has 2 fully saturated rings. The van der Waals surface area contributed by atoms with Crippen molar-refractivity contribution in [2.45, 2.75) is 51.9 Å². The molecule has 1 aliphatic carbocycles. The Labute approximate surface area is 214 Å². The Morgan fingerprint density at radius 3 is 2.32 bits per heavy atom. The minimum atomic E-state index is -4.50. The lowest BCUT2D eigenvalue weighted by molar-refractivity contribution is -0.139. The summed E-state index contributed by atoms with van der Waals surface area (Å²) < 4.78 is 44.7. The summed E-state index contributed by atoms with van der Waals surface area (Å²) >= 11 is 0. The van der Waals surface area contributed by atoms with Gasteiger partial charge in [0.15, 0.2) is 0 Å². The average Bonchev–Trinajstić information content (AvgIpc) is 3.69. The first kappa shape index (κ1) is 27.0. The smallest absolute Gasteiger partial charge is 0.416 e. The monoisotopic (exact) mass is 522 g/mol. The quantitative estimate of drug-likeness (QED) is 0.554. The number of piperazine rings is 1. The Morgan fingerprint density at radius 2 is 1.78 bits per heavy atom. The predicted octanol–water partition coefficient (Wildman–Crippen LogP) is 3.55. The third kappa shape index (κ3) is 5.76. The summed E-state index contributed by atoms with van der Waals surface area (Å²) in [5, 5.41) is 2.77. The number of benzene rings is 1. The summed E-state index contributed by atoms with van der Waals surface area (Å²) in [6.07, 6.45) is -2.63. The van der Waals surface area contributed by atoms with Crippen molar-refractivity contribution in [1.29, 1.82) is 0 Å². The molecule has 8 nitrogen and oxygen atoms in total. The molecule has 2 aliphatic heterocycles. The fourth-order valence-corrected chi connectivity index (χ4v) is 5.05. The zero-order chi connectivity index (χ0) is 26.9. The molecule has 3 amide bonds. The number of halogens is 3. The molecule has 1 aromatic carbocycles. The SMILES string of the molecule is CCOC(=O)C1=C(CN2CCN(C(=O)C3CC3)C(C)C2)N(CC)C(=O)NC1c1ccc(C(F)(F)F)cc1. The molecule has 1 saturated heterocycles. The van der Waals surface area contributed by atoms with Gasteiger partial charge in [-0.2, -0.15) is 13.2 Å². The third-order valence-electron chi connectivity index (χ3n) is 7.12. The number of likely N-dealkylation sites (N-methyl/N-ethyl adjacent to an activating group) is 1. The lowest BCUT2D eigenvalue weighted by Crippen LogP contribution is -2.56. The number of nitrogens with zero attached hydrogens (tertiary/aromatic N) is 3. The second kappa shape index (κ2) is 10.7. The van der Waals surface area contributed by atoms with E-state index < -0.39 is 29.8 Å². The topological polar surface area (TPSA) is 82.2 Å². The zero-order valence-electron chi connectivity index (χ0n) is 21.3. The molecular formula is C26H33F3N4O4. The number of alkyl halides is 3. The molecule has 3 aliphatic rings. The summed E-state index contributed by atoms with van der Waals surface area (Å²) in [5.74, 6) is -0.307. The molecule has 11 heteroatoms. The van der Waals surface area contributed by atoms with E-state index in [0.29, 0.717) is 37.4 Å². The number of carbonyl (C=O) groups is 3. The summed E-state index contributed by atoms with van der Waals surface area (Å²) in [6, 6.07) is 3.01. The van der Waals surface area contributed by atoms with Crippen molar-refractivity contribution >= 4 is 17.9 Å². The molecule has 2 atom stereocenters. The predicted molar refractivity (Wildman–Crippen MR) is 129 cm³/mol. The number of amides is 3. The molecule has 1 saturated carbocycles. The number of ether oxygens (including phenoxy) is 1. The molecule has 1 aromatic rings. The lowest BCUT2D eigenvalue weighted by Gasteiger charge is -2.43. The van der Waals surface area contributed by atoms with E-state index in [4.69, 9.17) is 4.74 Å². The van der Waals surface area contributed by atoms with Gasteiger partial charge in [-0.1, -0.05) is 12.1 Å². The van der Waals surface area contributed by atoms with Crippen molar-refractivity contribution in [3.63, 3.8) is 0 Å². The maximum Gasteiger partial charge on any atom is 0.416 e. The van der Waals surface area contributed by atoms with Crippen LogP contribution in [0.5, 0.6) is 0 Å². The van der Waals surface area contributed by atoms with Crippen LogP contribution in [0.4, 0.5) is 18.0 Å². The minimum absolute atomic E-state index is 0.0216. The lowest BCUT2D eigenvalue weighted by atomic mass is 9.93. The van der Waals surface area contributed by atoms with Gasteiger partial charge in [0.1, 0.15) is 0 Å². The zero-order valence-corrected chi connectivity index (χ0v) is 21.3. The Hall–Kier alpha value is -3.08. The highest BCUT2D eigenvalue weighted by atomic mass is 19.4. The summed E-state index contributed by atoms with van der Waals surface area (Å²) in [5.41, 5.74) is 0.199. The molecular weight excluding hydrogens is 489 g/mol. The van der Waals surface area contributed by atoms with Gasteiger partial charge in [0, 0.05) is 50.4 Å². The van der Waals surface area contributed by atoms with Crippen LogP contribution >= 0.6 is 0 Å². The highest BCUT2D eigenvalue weighted by Crippen LogP contribution is 2.36. The van der Waals surface area contributed by atoms with Gasteiger partial charge in [-0.25, -0.2) is 9.59 Å². The van der Waals surface area contributed by atoms with Crippen LogP contribution in [0.25, 0.3) is 0 Å². The number of esters is 1. The maximum absolute atomic E-state index is 13.2. The van der Waals surface area contributed by atoms with Crippen molar-refractivity contribution in [2.24, 2.45) is 5.92 Å². The summed E-state index contributed by atoms with van der Waals surface area (Å²) in [7, 11) is 0. The fraction of sp³-hybridized carbons (Fsp3) is 0.577. The highest BCUT2D eigenvalue weighted by molar-refractivity contribution is 5.95. The van der Waals surface area contributed by atoms with Crippen LogP contribution in [-0.2, 0) is 20.5 Å². The molecule has 2 heterocycles. The van der Waals surface area contributed by atoms with Crippen molar-refractivity contribution in [3.05, 3.63) is 46.7 Å². The van der Waals surface area contributed by atoms with Gasteiger partial charge in [0.2, 0.25) is 5.91 Å². The maximum atomic E-state index is 13.2. The van der Waals surface area contributed by atoms with E-state index in [1.165, 1.54) is 17.0 Å². The van der Waals surface area contributed by atoms with E-state index in [1.807, 2.05) is 11.8 Å². The molecule has 1 N–H and O–H groups in total. The molecule has 2 unspecified atom stereocenters. The van der Waals surface area contributed by atoms with Gasteiger partial charge in [0.05, 0.1) is 23.8 Å². The normalized spacial score (nSPS) is 23.2.